The normalized spacial score (nSPS) is 12.0. The summed E-state index contributed by atoms with van der Waals surface area (Å²) < 4.78 is 24.7. The number of hydrogen-bond donors (Lipinski definition) is 0. The van der Waals surface area contributed by atoms with Crippen LogP contribution in [0.15, 0.2) is 18.5 Å². The Hall–Kier alpha value is -0.456. The van der Waals surface area contributed by atoms with Crippen molar-refractivity contribution in [3.8, 4) is 0 Å². The molecule has 0 N–H and O–H groups in total. The SMILES string of the molecule is CCOP(=O)(CC/C=C\Cn1cnc2c(C)n[c-]nc21)OCC.[Y]. The summed E-state index contributed by atoms with van der Waals surface area (Å²) in [6.45, 7) is 6.91. The van der Waals surface area contributed by atoms with E-state index in [-0.39, 0.29) is 32.7 Å². The van der Waals surface area contributed by atoms with Crippen molar-refractivity contribution in [1.29, 1.82) is 0 Å². The molecule has 0 unspecified atom stereocenters. The Morgan fingerprint density at radius 2 is 1.96 bits per heavy atom. The third-order valence-corrected chi connectivity index (χ3v) is 5.33. The number of fused-ring (bicyclic) bond motifs is 1. The topological polar surface area (TPSA) is 79.1 Å². The van der Waals surface area contributed by atoms with E-state index in [4.69, 9.17) is 9.05 Å². The van der Waals surface area contributed by atoms with Gasteiger partial charge < -0.3 is 23.6 Å². The molecule has 0 spiro atoms. The van der Waals surface area contributed by atoms with Crippen LogP contribution in [0, 0.1) is 13.3 Å². The van der Waals surface area contributed by atoms with Gasteiger partial charge in [0.15, 0.2) is 0 Å². The van der Waals surface area contributed by atoms with Gasteiger partial charge in [0.05, 0.1) is 25.7 Å². The number of aryl methyl sites for hydroxylation is 1. The molecule has 2 rings (SSSR count). The zero-order chi connectivity index (χ0) is 16.7. The van der Waals surface area contributed by atoms with Gasteiger partial charge in [-0.3, -0.25) is 9.55 Å². The molecule has 0 aromatic carbocycles. The fourth-order valence-corrected chi connectivity index (χ4v) is 3.77. The molecule has 129 valence electrons. The van der Waals surface area contributed by atoms with Gasteiger partial charge in [0.1, 0.15) is 0 Å². The van der Waals surface area contributed by atoms with E-state index >= 15 is 0 Å². The van der Waals surface area contributed by atoms with E-state index in [9.17, 15) is 4.57 Å². The minimum Gasteiger partial charge on any atom is -0.369 e. The Morgan fingerprint density at radius 3 is 2.62 bits per heavy atom. The third-order valence-electron chi connectivity index (χ3n) is 3.22. The molecule has 0 aliphatic rings. The third kappa shape index (κ3) is 5.81. The van der Waals surface area contributed by atoms with Gasteiger partial charge in [-0.15, -0.1) is 0 Å². The summed E-state index contributed by atoms with van der Waals surface area (Å²) in [6, 6.07) is 0. The number of nitrogens with zero attached hydrogens (tertiary/aromatic N) is 4. The Labute approximate surface area is 167 Å². The number of hydrogen-bond acceptors (Lipinski definition) is 6. The first-order valence-corrected chi connectivity index (χ1v) is 9.41. The minimum absolute atomic E-state index is 0. The van der Waals surface area contributed by atoms with Gasteiger partial charge in [-0.1, -0.05) is 19.1 Å². The fraction of sp³-hybridized carbons (Fsp3) is 0.533. The minimum atomic E-state index is -2.96. The van der Waals surface area contributed by atoms with Crippen molar-refractivity contribution in [3.05, 3.63) is 30.5 Å². The Balaban J connectivity index is 0.00000288. The predicted octanol–water partition coefficient (Wildman–Crippen LogP) is 3.14. The molecule has 0 saturated heterocycles. The predicted molar refractivity (Wildman–Crippen MR) is 88.4 cm³/mol. The smallest absolute Gasteiger partial charge is 0.330 e. The molecule has 0 aliphatic carbocycles. The van der Waals surface area contributed by atoms with Crippen LogP contribution in [0.1, 0.15) is 26.0 Å². The van der Waals surface area contributed by atoms with E-state index in [2.05, 4.69) is 21.3 Å². The van der Waals surface area contributed by atoms with Crippen LogP contribution in [0.4, 0.5) is 0 Å². The molecule has 0 aliphatic heterocycles. The molecular formula is C15H22N4O3PY-. The van der Waals surface area contributed by atoms with E-state index in [1.807, 2.05) is 37.5 Å². The maximum Gasteiger partial charge on any atom is 0.330 e. The van der Waals surface area contributed by atoms with E-state index in [0.29, 0.717) is 32.3 Å². The van der Waals surface area contributed by atoms with E-state index in [0.717, 1.165) is 16.9 Å². The molecule has 7 nitrogen and oxygen atoms in total. The molecule has 0 fully saturated rings. The van der Waals surface area contributed by atoms with Crippen molar-refractivity contribution >= 4 is 18.8 Å². The Morgan fingerprint density at radius 1 is 1.25 bits per heavy atom. The average molecular weight is 426 g/mol. The van der Waals surface area contributed by atoms with Crippen LogP contribution in [0.2, 0.25) is 0 Å². The van der Waals surface area contributed by atoms with Crippen molar-refractivity contribution < 1.29 is 46.3 Å². The average Bonchev–Trinajstić information content (AvgIpc) is 2.92. The maximum absolute atomic E-state index is 12.3. The van der Waals surface area contributed by atoms with Crippen LogP contribution in [0.3, 0.4) is 0 Å². The molecule has 24 heavy (non-hydrogen) atoms. The van der Waals surface area contributed by atoms with Gasteiger partial charge >= 0.3 is 7.60 Å². The zero-order valence-corrected chi connectivity index (χ0v) is 18.0. The summed E-state index contributed by atoms with van der Waals surface area (Å²) in [7, 11) is -2.96. The summed E-state index contributed by atoms with van der Waals surface area (Å²) >= 11 is 0. The molecule has 0 bridgehead atoms. The number of rotatable bonds is 9. The Kier molecular flexibility index (Phi) is 9.46. The van der Waals surface area contributed by atoms with Gasteiger partial charge in [-0.25, -0.2) is 0 Å². The summed E-state index contributed by atoms with van der Waals surface area (Å²) in [5.41, 5.74) is 2.36. The number of allylic oxidation sites excluding steroid dienone is 2. The fourth-order valence-electron chi connectivity index (χ4n) is 2.18. The van der Waals surface area contributed by atoms with Crippen LogP contribution in [0.25, 0.3) is 11.2 Å². The van der Waals surface area contributed by atoms with Crippen LogP contribution in [-0.4, -0.2) is 38.9 Å². The molecule has 9 heteroatoms. The number of aromatic nitrogens is 4. The van der Waals surface area contributed by atoms with Crippen molar-refractivity contribution in [3.63, 3.8) is 0 Å². The van der Waals surface area contributed by atoms with Gasteiger partial charge in [0.25, 0.3) is 0 Å². The molecule has 0 saturated carbocycles. The van der Waals surface area contributed by atoms with Crippen LogP contribution < -0.4 is 0 Å². The summed E-state index contributed by atoms with van der Waals surface area (Å²) in [5, 5.41) is 0. The van der Waals surface area contributed by atoms with Crippen LogP contribution >= 0.6 is 7.60 Å². The van der Waals surface area contributed by atoms with Crippen molar-refractivity contribution in [2.45, 2.75) is 33.7 Å². The molecular weight excluding hydrogens is 404 g/mol. The van der Waals surface area contributed by atoms with Gasteiger partial charge in [-0.2, -0.15) is 0 Å². The number of imidazole rings is 1. The first kappa shape index (κ1) is 21.6. The van der Waals surface area contributed by atoms with Crippen molar-refractivity contribution in [2.75, 3.05) is 19.4 Å². The standard InChI is InChI=1S/C15H22N4O3P.Y/c1-4-21-23(20,22-5-2)10-8-6-7-9-19-12-18-14-13(3)16-11-17-15(14)19;/h6-7,12H,4-5,8-10H2,1-3H3;/q-1;/b7-6-;. The molecule has 2 aromatic heterocycles. The zero-order valence-electron chi connectivity index (χ0n) is 14.3. The monoisotopic (exact) mass is 426 g/mol. The molecule has 2 heterocycles. The maximum atomic E-state index is 12.3. The Bertz CT molecular complexity index is 710. The molecule has 0 amide bonds. The molecule has 2 aromatic rings. The van der Waals surface area contributed by atoms with Gasteiger partial charge in [0, 0.05) is 56.7 Å². The second-order valence-corrected chi connectivity index (χ2v) is 7.09. The van der Waals surface area contributed by atoms with E-state index in [1.165, 1.54) is 0 Å². The van der Waals surface area contributed by atoms with E-state index < -0.39 is 7.60 Å². The van der Waals surface area contributed by atoms with Crippen LogP contribution in [0.5, 0.6) is 0 Å². The van der Waals surface area contributed by atoms with Crippen molar-refractivity contribution in [1.82, 2.24) is 19.5 Å². The van der Waals surface area contributed by atoms with Gasteiger partial charge in [0.2, 0.25) is 0 Å². The summed E-state index contributed by atoms with van der Waals surface area (Å²) in [6.07, 6.45) is 9.32. The molecule has 0 atom stereocenters. The summed E-state index contributed by atoms with van der Waals surface area (Å²) in [4.78, 5) is 12.4. The quantitative estimate of drug-likeness (QED) is 0.348. The second kappa shape index (κ2) is 10.5. The summed E-state index contributed by atoms with van der Waals surface area (Å²) in [5.74, 6) is 0. The van der Waals surface area contributed by atoms with Crippen LogP contribution in [-0.2, 0) is 52.9 Å². The largest absolute Gasteiger partial charge is 0.369 e. The first-order chi connectivity index (χ1) is 11.1. The van der Waals surface area contributed by atoms with Crippen molar-refractivity contribution in [2.24, 2.45) is 0 Å². The van der Waals surface area contributed by atoms with Gasteiger partial charge in [-0.05, 0) is 26.0 Å². The first-order valence-electron chi connectivity index (χ1n) is 7.68. The van der Waals surface area contributed by atoms with E-state index in [1.54, 1.807) is 6.33 Å². The second-order valence-electron chi connectivity index (χ2n) is 4.91. The molecule has 1 radical (unpaired) electrons.